The molecule has 0 unspecified atom stereocenters. The van der Waals surface area contributed by atoms with Crippen molar-refractivity contribution in [1.82, 2.24) is 9.55 Å². The van der Waals surface area contributed by atoms with E-state index < -0.39 is 15.6 Å². The van der Waals surface area contributed by atoms with Crippen molar-refractivity contribution in [3.05, 3.63) is 114 Å². The number of hydrogen-bond donors (Lipinski definition) is 6. The van der Waals surface area contributed by atoms with E-state index in [0.29, 0.717) is 0 Å². The molecule has 3 aromatic carbocycles. The van der Waals surface area contributed by atoms with Crippen LogP contribution in [-0.2, 0) is 14.7 Å². The fourth-order valence-electron chi connectivity index (χ4n) is 4.36. The van der Waals surface area contributed by atoms with Gasteiger partial charge in [-0.1, -0.05) is 72.8 Å². The zero-order valence-corrected chi connectivity index (χ0v) is 20.2. The molecule has 5 rings (SSSR count). The number of benzene rings is 3. The van der Waals surface area contributed by atoms with Gasteiger partial charge in [-0.3, -0.25) is 0 Å². The Bertz CT molecular complexity index is 1310. The number of imidazole rings is 1. The molecule has 1 aliphatic carbocycles. The van der Waals surface area contributed by atoms with Gasteiger partial charge in [0.1, 0.15) is 5.54 Å². The predicted octanol–water partition coefficient (Wildman–Crippen LogP) is 3.15. The largest absolute Gasteiger partial charge is 0.466 e. The van der Waals surface area contributed by atoms with Crippen molar-refractivity contribution in [1.29, 1.82) is 0 Å². The summed E-state index contributed by atoms with van der Waals surface area (Å²) in [7, 11) is -9.28. The molecule has 0 saturated carbocycles. The molecule has 0 spiro atoms. The molecule has 1 aromatic heterocycles. The molecular formula is C23H24N2O8P2. The van der Waals surface area contributed by atoms with E-state index in [4.69, 9.17) is 38.5 Å². The molecule has 0 bridgehead atoms. The fraction of sp³-hybridized carbons (Fsp3) is 0.0870. The van der Waals surface area contributed by atoms with Crippen molar-refractivity contribution in [3.63, 3.8) is 0 Å². The van der Waals surface area contributed by atoms with Crippen LogP contribution in [0.25, 0.3) is 11.1 Å². The van der Waals surface area contributed by atoms with Crippen molar-refractivity contribution < 1.29 is 38.5 Å². The summed E-state index contributed by atoms with van der Waals surface area (Å²) in [6.07, 6.45) is 5.88. The van der Waals surface area contributed by atoms with E-state index in [9.17, 15) is 0 Å². The van der Waals surface area contributed by atoms with Gasteiger partial charge in [-0.15, -0.1) is 0 Å². The number of aromatic nitrogens is 2. The summed E-state index contributed by atoms with van der Waals surface area (Å²) in [4.78, 5) is 47.5. The van der Waals surface area contributed by atoms with Gasteiger partial charge in [-0.25, -0.2) is 14.1 Å². The Morgan fingerprint density at radius 3 is 1.49 bits per heavy atom. The highest BCUT2D eigenvalue weighted by Gasteiger charge is 2.46. The standard InChI is InChI=1S/C23H18N2.2H3O4P/c1-17-8-2-5-11-20(17)23(25-15-14-24-16-25)21-12-6-3-9-18(21)19-10-4-7-13-22(19)23;2*1-5(2,3)4/h2-16H,1H3;2*(H3,1,2,3,4). The first-order chi connectivity index (χ1) is 16.3. The summed E-state index contributed by atoms with van der Waals surface area (Å²) in [5, 5.41) is 0. The van der Waals surface area contributed by atoms with Crippen molar-refractivity contribution in [2.24, 2.45) is 0 Å². The Labute approximate surface area is 201 Å². The Morgan fingerprint density at radius 1 is 0.686 bits per heavy atom. The number of fused-ring (bicyclic) bond motifs is 3. The summed E-state index contributed by atoms with van der Waals surface area (Å²) in [5.74, 6) is 0. The molecule has 0 saturated heterocycles. The minimum absolute atomic E-state index is 0.380. The lowest BCUT2D eigenvalue weighted by atomic mass is 9.78. The number of nitrogens with zero attached hydrogens (tertiary/aromatic N) is 2. The summed E-state index contributed by atoms with van der Waals surface area (Å²) in [6.45, 7) is 2.19. The zero-order valence-electron chi connectivity index (χ0n) is 18.4. The maximum absolute atomic E-state index is 8.88. The average molecular weight is 518 g/mol. The normalized spacial score (nSPS) is 13.5. The maximum Gasteiger partial charge on any atom is 0.466 e. The molecule has 0 amide bonds. The molecule has 0 fully saturated rings. The van der Waals surface area contributed by atoms with Gasteiger partial charge in [-0.2, -0.15) is 0 Å². The van der Waals surface area contributed by atoms with E-state index in [-0.39, 0.29) is 5.54 Å². The van der Waals surface area contributed by atoms with Crippen LogP contribution in [0.4, 0.5) is 0 Å². The molecular weight excluding hydrogens is 494 g/mol. The monoisotopic (exact) mass is 518 g/mol. The van der Waals surface area contributed by atoms with Crippen LogP contribution in [0.3, 0.4) is 0 Å². The summed E-state index contributed by atoms with van der Waals surface area (Å²) in [5.41, 5.74) is 7.42. The van der Waals surface area contributed by atoms with E-state index in [1.165, 1.54) is 33.4 Å². The van der Waals surface area contributed by atoms with Gasteiger partial charge < -0.3 is 33.9 Å². The van der Waals surface area contributed by atoms with Crippen molar-refractivity contribution in [2.45, 2.75) is 12.5 Å². The first kappa shape index (κ1) is 26.7. The average Bonchev–Trinajstić information content (AvgIpc) is 3.38. The third kappa shape index (κ3) is 6.21. The fourth-order valence-corrected chi connectivity index (χ4v) is 4.36. The highest BCUT2D eigenvalue weighted by Crippen LogP contribution is 2.53. The van der Waals surface area contributed by atoms with Gasteiger partial charge in [0.05, 0.1) is 6.33 Å². The molecule has 1 aliphatic rings. The Hall–Kier alpha value is -2.91. The minimum Gasteiger partial charge on any atom is -0.319 e. The highest BCUT2D eigenvalue weighted by molar-refractivity contribution is 7.45. The second kappa shape index (κ2) is 10.4. The van der Waals surface area contributed by atoms with Crippen LogP contribution in [0.2, 0.25) is 0 Å². The van der Waals surface area contributed by atoms with Crippen LogP contribution in [-0.4, -0.2) is 38.9 Å². The van der Waals surface area contributed by atoms with Crippen LogP contribution >= 0.6 is 15.6 Å². The van der Waals surface area contributed by atoms with E-state index in [0.717, 1.165) is 0 Å². The molecule has 0 radical (unpaired) electrons. The molecule has 10 nitrogen and oxygen atoms in total. The van der Waals surface area contributed by atoms with Crippen molar-refractivity contribution >= 4 is 15.6 Å². The molecule has 0 aliphatic heterocycles. The molecule has 35 heavy (non-hydrogen) atoms. The van der Waals surface area contributed by atoms with Crippen LogP contribution in [0, 0.1) is 6.92 Å². The van der Waals surface area contributed by atoms with Gasteiger partial charge in [0.2, 0.25) is 0 Å². The third-order valence-corrected chi connectivity index (χ3v) is 5.35. The molecule has 4 aromatic rings. The van der Waals surface area contributed by atoms with Gasteiger partial charge >= 0.3 is 15.6 Å². The molecule has 12 heteroatoms. The van der Waals surface area contributed by atoms with Crippen LogP contribution in [0.15, 0.2) is 91.5 Å². The topological polar surface area (TPSA) is 173 Å². The van der Waals surface area contributed by atoms with Gasteiger partial charge in [0.25, 0.3) is 0 Å². The quantitative estimate of drug-likeness (QED) is 0.192. The molecule has 0 atom stereocenters. The Morgan fingerprint density at radius 2 is 1.09 bits per heavy atom. The number of rotatable bonds is 2. The molecule has 6 N–H and O–H groups in total. The van der Waals surface area contributed by atoms with Crippen LogP contribution < -0.4 is 0 Å². The molecule has 184 valence electrons. The maximum atomic E-state index is 8.88. The summed E-state index contributed by atoms with van der Waals surface area (Å²) in [6, 6.07) is 26.1. The van der Waals surface area contributed by atoms with Crippen LogP contribution in [0.5, 0.6) is 0 Å². The van der Waals surface area contributed by atoms with Gasteiger partial charge in [0, 0.05) is 12.4 Å². The summed E-state index contributed by atoms with van der Waals surface area (Å²) >= 11 is 0. The first-order valence-electron chi connectivity index (χ1n) is 10.1. The van der Waals surface area contributed by atoms with E-state index >= 15 is 0 Å². The SMILES string of the molecule is Cc1ccccc1C1(n2ccnc2)c2ccccc2-c2ccccc21.O=P(O)(O)O.O=P(O)(O)O. The van der Waals surface area contributed by atoms with E-state index in [2.05, 4.69) is 95.5 Å². The lowest BCUT2D eigenvalue weighted by Gasteiger charge is -2.35. The van der Waals surface area contributed by atoms with Gasteiger partial charge in [0.15, 0.2) is 0 Å². The van der Waals surface area contributed by atoms with Gasteiger partial charge in [-0.05, 0) is 40.3 Å². The zero-order chi connectivity index (χ0) is 25.9. The smallest absolute Gasteiger partial charge is 0.319 e. The minimum atomic E-state index is -4.64. The second-order valence-electron chi connectivity index (χ2n) is 7.61. The van der Waals surface area contributed by atoms with Crippen molar-refractivity contribution in [2.75, 3.05) is 0 Å². The molecule has 1 heterocycles. The Balaban J connectivity index is 0.000000293. The van der Waals surface area contributed by atoms with Crippen LogP contribution in [0.1, 0.15) is 22.3 Å². The highest BCUT2D eigenvalue weighted by atomic mass is 31.2. The number of hydrogen-bond acceptors (Lipinski definition) is 3. The van der Waals surface area contributed by atoms with Crippen molar-refractivity contribution in [3.8, 4) is 11.1 Å². The lowest BCUT2D eigenvalue weighted by molar-refractivity contribution is 0.272. The third-order valence-electron chi connectivity index (χ3n) is 5.35. The van der Waals surface area contributed by atoms with E-state index in [1.807, 2.05) is 12.5 Å². The predicted molar refractivity (Wildman–Crippen MR) is 129 cm³/mol. The summed E-state index contributed by atoms with van der Waals surface area (Å²) < 4.78 is 20.0. The van der Waals surface area contributed by atoms with E-state index in [1.54, 1.807) is 0 Å². The number of phosphoric acid groups is 2. The second-order valence-corrected chi connectivity index (χ2v) is 9.67. The number of aryl methyl sites for hydroxylation is 1. The Kier molecular flexibility index (Phi) is 7.91. The lowest BCUT2D eigenvalue weighted by Crippen LogP contribution is -2.35. The first-order valence-corrected chi connectivity index (χ1v) is 13.3.